The molecule has 0 saturated carbocycles. The van der Waals surface area contributed by atoms with Crippen LogP contribution >= 0.6 is 34.5 Å². The minimum atomic E-state index is -0.368. The van der Waals surface area contributed by atoms with Crippen LogP contribution in [0.5, 0.6) is 0 Å². The number of rotatable bonds is 3. The van der Waals surface area contributed by atoms with Crippen LogP contribution in [-0.2, 0) is 11.3 Å². The van der Waals surface area contributed by atoms with Crippen molar-refractivity contribution in [1.29, 1.82) is 0 Å². The smallest absolute Gasteiger partial charge is 0.348 e. The summed E-state index contributed by atoms with van der Waals surface area (Å²) in [6.45, 7) is 0.0611. The summed E-state index contributed by atoms with van der Waals surface area (Å²) in [6, 6.07) is 14.8. The Balaban J connectivity index is 1.77. The molecule has 0 spiro atoms. The summed E-state index contributed by atoms with van der Waals surface area (Å²) in [5, 5.41) is 2.02. The standard InChI is InChI=1S/C16H10Cl2O2S/c17-12-5-3-6-13(18)11(12)9-20-16(19)15-8-10-4-1-2-7-14(10)21-15/h1-8H,9H2. The van der Waals surface area contributed by atoms with Gasteiger partial charge in [-0.25, -0.2) is 4.79 Å². The number of hydrogen-bond donors (Lipinski definition) is 0. The van der Waals surface area contributed by atoms with Gasteiger partial charge in [-0.1, -0.05) is 47.5 Å². The van der Waals surface area contributed by atoms with Crippen LogP contribution in [0, 0.1) is 0 Å². The van der Waals surface area contributed by atoms with Gasteiger partial charge < -0.3 is 4.74 Å². The van der Waals surface area contributed by atoms with Crippen LogP contribution in [0.25, 0.3) is 10.1 Å². The van der Waals surface area contributed by atoms with Crippen LogP contribution < -0.4 is 0 Å². The Bertz CT molecular complexity index is 758. The highest BCUT2D eigenvalue weighted by Gasteiger charge is 2.13. The predicted molar refractivity (Wildman–Crippen MR) is 87.4 cm³/mol. The zero-order chi connectivity index (χ0) is 14.8. The van der Waals surface area contributed by atoms with E-state index in [1.54, 1.807) is 18.2 Å². The second kappa shape index (κ2) is 6.06. The number of fused-ring (bicyclic) bond motifs is 1. The Hall–Kier alpha value is -1.55. The maximum absolute atomic E-state index is 12.1. The molecule has 0 aliphatic rings. The zero-order valence-corrected chi connectivity index (χ0v) is 13.1. The number of hydrogen-bond acceptors (Lipinski definition) is 3. The van der Waals surface area contributed by atoms with Crippen LogP contribution in [0.3, 0.4) is 0 Å². The molecule has 3 rings (SSSR count). The van der Waals surface area contributed by atoms with Gasteiger partial charge in [-0.05, 0) is 29.7 Å². The van der Waals surface area contributed by atoms with E-state index in [1.807, 2.05) is 30.3 Å². The second-order valence-corrected chi connectivity index (χ2v) is 6.32. The maximum Gasteiger partial charge on any atom is 0.348 e. The summed E-state index contributed by atoms with van der Waals surface area (Å²) < 4.78 is 6.36. The van der Waals surface area contributed by atoms with Gasteiger partial charge in [0.2, 0.25) is 0 Å². The van der Waals surface area contributed by atoms with Crippen molar-refractivity contribution < 1.29 is 9.53 Å². The van der Waals surface area contributed by atoms with E-state index in [1.165, 1.54) is 11.3 Å². The lowest BCUT2D eigenvalue weighted by atomic mass is 10.2. The quantitative estimate of drug-likeness (QED) is 0.585. The van der Waals surface area contributed by atoms with E-state index in [-0.39, 0.29) is 12.6 Å². The number of carbonyl (C=O) groups is 1. The fourth-order valence-corrected chi connectivity index (χ4v) is 3.42. The molecule has 0 unspecified atom stereocenters. The van der Waals surface area contributed by atoms with Crippen molar-refractivity contribution in [3.8, 4) is 0 Å². The number of thiophene rings is 1. The summed E-state index contributed by atoms with van der Waals surface area (Å²) in [4.78, 5) is 12.7. The summed E-state index contributed by atoms with van der Waals surface area (Å²) in [5.41, 5.74) is 0.621. The van der Waals surface area contributed by atoms with Crippen LogP contribution in [0.15, 0.2) is 48.5 Å². The van der Waals surface area contributed by atoms with Crippen molar-refractivity contribution in [2.45, 2.75) is 6.61 Å². The van der Waals surface area contributed by atoms with E-state index in [0.29, 0.717) is 20.5 Å². The van der Waals surface area contributed by atoms with Gasteiger partial charge in [0.1, 0.15) is 11.5 Å². The van der Waals surface area contributed by atoms with E-state index < -0.39 is 0 Å². The molecule has 0 amide bonds. The Morgan fingerprint density at radius 3 is 2.48 bits per heavy atom. The molecule has 106 valence electrons. The van der Waals surface area contributed by atoms with Gasteiger partial charge >= 0.3 is 5.97 Å². The maximum atomic E-state index is 12.1. The number of esters is 1. The molecule has 1 aromatic heterocycles. The van der Waals surface area contributed by atoms with Crippen molar-refractivity contribution in [2.75, 3.05) is 0 Å². The zero-order valence-electron chi connectivity index (χ0n) is 10.8. The molecule has 0 bridgehead atoms. The first kappa shape index (κ1) is 14.4. The third-order valence-corrected chi connectivity index (χ3v) is 4.84. The molecule has 0 aliphatic carbocycles. The van der Waals surface area contributed by atoms with Crippen LogP contribution in [0.4, 0.5) is 0 Å². The molecule has 3 aromatic rings. The van der Waals surface area contributed by atoms with Crippen molar-refractivity contribution in [1.82, 2.24) is 0 Å². The van der Waals surface area contributed by atoms with Crippen molar-refractivity contribution in [2.24, 2.45) is 0 Å². The van der Waals surface area contributed by atoms with Gasteiger partial charge in [-0.2, -0.15) is 0 Å². The van der Waals surface area contributed by atoms with E-state index in [2.05, 4.69) is 0 Å². The lowest BCUT2D eigenvalue weighted by molar-refractivity contribution is 0.0479. The SMILES string of the molecule is O=C(OCc1c(Cl)cccc1Cl)c1cc2ccccc2s1. The minimum absolute atomic E-state index is 0.0611. The molecule has 2 nitrogen and oxygen atoms in total. The largest absolute Gasteiger partial charge is 0.457 e. The summed E-state index contributed by atoms with van der Waals surface area (Å²) >= 11 is 13.5. The molecule has 0 atom stereocenters. The van der Waals surface area contributed by atoms with Crippen LogP contribution in [0.1, 0.15) is 15.2 Å². The van der Waals surface area contributed by atoms with Gasteiger partial charge in [0.05, 0.1) is 0 Å². The number of halogens is 2. The Morgan fingerprint density at radius 1 is 1.05 bits per heavy atom. The highest BCUT2D eigenvalue weighted by atomic mass is 35.5. The Labute approximate surface area is 135 Å². The molecular weight excluding hydrogens is 327 g/mol. The topological polar surface area (TPSA) is 26.3 Å². The summed E-state index contributed by atoms with van der Waals surface area (Å²) in [6.07, 6.45) is 0. The highest BCUT2D eigenvalue weighted by Crippen LogP contribution is 2.28. The number of ether oxygens (including phenoxy) is 1. The Morgan fingerprint density at radius 2 is 1.76 bits per heavy atom. The predicted octanol–water partition coefficient (Wildman–Crippen LogP) is 5.57. The summed E-state index contributed by atoms with van der Waals surface area (Å²) in [7, 11) is 0. The molecule has 0 aliphatic heterocycles. The fraction of sp³-hybridized carbons (Fsp3) is 0.0625. The third-order valence-electron chi connectivity index (χ3n) is 3.04. The molecule has 0 saturated heterocycles. The van der Waals surface area contributed by atoms with Crippen molar-refractivity contribution in [3.63, 3.8) is 0 Å². The number of carbonyl (C=O) groups excluding carboxylic acids is 1. The van der Waals surface area contributed by atoms with Crippen molar-refractivity contribution in [3.05, 3.63) is 69.0 Å². The molecule has 0 fully saturated rings. The first-order valence-electron chi connectivity index (χ1n) is 6.24. The lowest BCUT2D eigenvalue weighted by Crippen LogP contribution is -2.03. The van der Waals surface area contributed by atoms with Gasteiger partial charge in [0.25, 0.3) is 0 Å². The highest BCUT2D eigenvalue weighted by molar-refractivity contribution is 7.20. The molecule has 1 heterocycles. The molecular formula is C16H10Cl2O2S. The van der Waals surface area contributed by atoms with E-state index in [0.717, 1.165) is 10.1 Å². The average molecular weight is 337 g/mol. The lowest BCUT2D eigenvalue weighted by Gasteiger charge is -2.07. The van der Waals surface area contributed by atoms with E-state index in [4.69, 9.17) is 27.9 Å². The van der Waals surface area contributed by atoms with Crippen LogP contribution in [0.2, 0.25) is 10.0 Å². The Kier molecular flexibility index (Phi) is 4.15. The monoisotopic (exact) mass is 336 g/mol. The number of benzene rings is 2. The van der Waals surface area contributed by atoms with E-state index >= 15 is 0 Å². The van der Waals surface area contributed by atoms with Gasteiger partial charge in [-0.15, -0.1) is 11.3 Å². The minimum Gasteiger partial charge on any atom is -0.457 e. The molecule has 0 N–H and O–H groups in total. The van der Waals surface area contributed by atoms with Gasteiger partial charge in [0, 0.05) is 20.3 Å². The summed E-state index contributed by atoms with van der Waals surface area (Å²) in [5.74, 6) is -0.368. The second-order valence-electron chi connectivity index (χ2n) is 4.42. The fourth-order valence-electron chi connectivity index (χ4n) is 1.96. The van der Waals surface area contributed by atoms with E-state index in [9.17, 15) is 4.79 Å². The van der Waals surface area contributed by atoms with Crippen molar-refractivity contribution >= 4 is 50.6 Å². The molecule has 2 aromatic carbocycles. The average Bonchev–Trinajstić information content (AvgIpc) is 2.90. The third kappa shape index (κ3) is 3.05. The van der Waals surface area contributed by atoms with Gasteiger partial charge in [-0.3, -0.25) is 0 Å². The van der Waals surface area contributed by atoms with Crippen LogP contribution in [-0.4, -0.2) is 5.97 Å². The molecule has 21 heavy (non-hydrogen) atoms. The first-order chi connectivity index (χ1) is 10.1. The van der Waals surface area contributed by atoms with Gasteiger partial charge in [0.15, 0.2) is 0 Å². The molecule has 5 heteroatoms. The first-order valence-corrected chi connectivity index (χ1v) is 7.81. The molecule has 0 radical (unpaired) electrons. The normalized spacial score (nSPS) is 10.8.